The Morgan fingerprint density at radius 3 is 2.19 bits per heavy atom. The Morgan fingerprint density at radius 2 is 1.48 bits per heavy atom. The van der Waals surface area contributed by atoms with E-state index < -0.39 is 11.6 Å². The largest absolute Gasteiger partial charge is 0.383 e. The van der Waals surface area contributed by atoms with Crippen molar-refractivity contribution >= 4 is 28.4 Å². The average Bonchev–Trinajstić information content (AvgIpc) is 2.76. The molecule has 0 saturated heterocycles. The second-order valence-electron chi connectivity index (χ2n) is 7.59. The lowest BCUT2D eigenvalue weighted by Crippen LogP contribution is -2.25. The maximum atomic E-state index is 13.8. The number of halogens is 2. The van der Waals surface area contributed by atoms with E-state index in [9.17, 15) is 8.78 Å². The summed E-state index contributed by atoms with van der Waals surface area (Å²) < 4.78 is 27.2. The Bertz CT molecular complexity index is 1210. The number of fused-ring (bicyclic) bond motifs is 1. The lowest BCUT2D eigenvalue weighted by molar-refractivity contribution is 0.506. The van der Waals surface area contributed by atoms with E-state index >= 15 is 0 Å². The molecule has 0 aliphatic rings. The van der Waals surface area contributed by atoms with Crippen LogP contribution in [0.2, 0.25) is 0 Å². The van der Waals surface area contributed by atoms with Gasteiger partial charge in [0.25, 0.3) is 0 Å². The van der Waals surface area contributed by atoms with Gasteiger partial charge in [-0.2, -0.15) is 4.98 Å². The normalized spacial score (nSPS) is 11.0. The van der Waals surface area contributed by atoms with Crippen molar-refractivity contribution in [1.29, 1.82) is 0 Å². The Labute approximate surface area is 179 Å². The zero-order chi connectivity index (χ0) is 22.0. The number of aromatic nitrogens is 2. The number of para-hydroxylation sites is 1. The van der Waals surface area contributed by atoms with Gasteiger partial charge in [0.1, 0.15) is 5.82 Å². The molecule has 0 aliphatic heterocycles. The van der Waals surface area contributed by atoms with E-state index in [0.717, 1.165) is 28.2 Å². The van der Waals surface area contributed by atoms with Gasteiger partial charge < -0.3 is 15.5 Å². The van der Waals surface area contributed by atoms with E-state index in [1.807, 2.05) is 72.4 Å². The van der Waals surface area contributed by atoms with E-state index in [2.05, 4.69) is 9.97 Å². The summed E-state index contributed by atoms with van der Waals surface area (Å²) in [5, 5.41) is 0.773. The van der Waals surface area contributed by atoms with Gasteiger partial charge in [-0.05, 0) is 47.5 Å². The fraction of sp³-hybridized carbons (Fsp3) is 0.167. The number of nitrogen functional groups attached to an aromatic ring is 1. The van der Waals surface area contributed by atoms with E-state index in [1.54, 1.807) is 6.07 Å². The molecule has 2 N–H and O–H groups in total. The van der Waals surface area contributed by atoms with Gasteiger partial charge >= 0.3 is 0 Å². The minimum atomic E-state index is -0.883. The SMILES string of the molecule is CN(C)c1ccc(CN(Cc2ccc(F)c(F)c2)c2nc(N)c3ccccc3n2)cc1. The van der Waals surface area contributed by atoms with Gasteiger partial charge in [-0.1, -0.05) is 30.3 Å². The molecule has 0 aliphatic carbocycles. The monoisotopic (exact) mass is 419 g/mol. The van der Waals surface area contributed by atoms with Gasteiger partial charge in [-0.25, -0.2) is 13.8 Å². The molecule has 0 atom stereocenters. The van der Waals surface area contributed by atoms with Crippen molar-refractivity contribution < 1.29 is 8.78 Å². The van der Waals surface area contributed by atoms with Crippen LogP contribution < -0.4 is 15.5 Å². The zero-order valence-electron chi connectivity index (χ0n) is 17.4. The summed E-state index contributed by atoms with van der Waals surface area (Å²) in [6.45, 7) is 0.773. The summed E-state index contributed by atoms with van der Waals surface area (Å²) in [6.07, 6.45) is 0. The van der Waals surface area contributed by atoms with Gasteiger partial charge in [-0.3, -0.25) is 0 Å². The van der Waals surface area contributed by atoms with Crippen molar-refractivity contribution in [1.82, 2.24) is 9.97 Å². The summed E-state index contributed by atoms with van der Waals surface area (Å²) in [5.74, 6) is -0.955. The van der Waals surface area contributed by atoms with Gasteiger partial charge in [0.05, 0.1) is 5.52 Å². The predicted octanol–water partition coefficient (Wildman–Crippen LogP) is 4.76. The molecule has 7 heteroatoms. The van der Waals surface area contributed by atoms with E-state index in [1.165, 1.54) is 6.07 Å². The molecular formula is C24H23F2N5. The maximum Gasteiger partial charge on any atom is 0.228 e. The lowest BCUT2D eigenvalue weighted by Gasteiger charge is -2.24. The van der Waals surface area contributed by atoms with Gasteiger partial charge in [0, 0.05) is 38.3 Å². The summed E-state index contributed by atoms with van der Waals surface area (Å²) in [5.41, 5.74) is 9.64. The summed E-state index contributed by atoms with van der Waals surface area (Å²) in [4.78, 5) is 13.1. The summed E-state index contributed by atoms with van der Waals surface area (Å²) in [6, 6.07) is 19.5. The molecule has 158 valence electrons. The van der Waals surface area contributed by atoms with Crippen LogP contribution in [0.1, 0.15) is 11.1 Å². The van der Waals surface area contributed by atoms with Crippen LogP contribution >= 0.6 is 0 Å². The number of benzene rings is 3. The van der Waals surface area contributed by atoms with Crippen molar-refractivity contribution in [2.24, 2.45) is 0 Å². The van der Waals surface area contributed by atoms with E-state index in [4.69, 9.17) is 5.73 Å². The Balaban J connectivity index is 1.72. The van der Waals surface area contributed by atoms with Gasteiger partial charge in [-0.15, -0.1) is 0 Å². The fourth-order valence-electron chi connectivity index (χ4n) is 3.41. The van der Waals surface area contributed by atoms with Crippen molar-refractivity contribution in [3.63, 3.8) is 0 Å². The minimum Gasteiger partial charge on any atom is -0.383 e. The first kappa shape index (κ1) is 20.5. The van der Waals surface area contributed by atoms with Crippen LogP contribution in [0.5, 0.6) is 0 Å². The standard InChI is InChI=1S/C24H23F2N5/c1-30(2)18-10-7-16(8-11-18)14-31(15-17-9-12-20(25)21(26)13-17)24-28-22-6-4-3-5-19(22)23(27)29-24/h3-13H,14-15H2,1-2H3,(H2,27,28,29). The highest BCUT2D eigenvalue weighted by atomic mass is 19.2. The number of nitrogens with zero attached hydrogens (tertiary/aromatic N) is 4. The molecule has 0 unspecified atom stereocenters. The molecule has 31 heavy (non-hydrogen) atoms. The maximum absolute atomic E-state index is 13.8. The first-order valence-corrected chi connectivity index (χ1v) is 9.88. The molecule has 0 fully saturated rings. The van der Waals surface area contributed by atoms with Crippen LogP contribution in [-0.4, -0.2) is 24.1 Å². The first-order valence-electron chi connectivity index (χ1n) is 9.88. The Morgan fingerprint density at radius 1 is 0.806 bits per heavy atom. The first-order chi connectivity index (χ1) is 14.9. The predicted molar refractivity (Wildman–Crippen MR) is 121 cm³/mol. The van der Waals surface area contributed by atoms with E-state index in [0.29, 0.717) is 30.4 Å². The van der Waals surface area contributed by atoms with Crippen molar-refractivity contribution in [3.05, 3.63) is 89.5 Å². The highest BCUT2D eigenvalue weighted by molar-refractivity contribution is 5.88. The second kappa shape index (κ2) is 8.55. The van der Waals surface area contributed by atoms with Crippen LogP contribution in [-0.2, 0) is 13.1 Å². The number of nitrogens with two attached hydrogens (primary N) is 1. The number of rotatable bonds is 6. The molecule has 3 aromatic carbocycles. The van der Waals surface area contributed by atoms with Crippen molar-refractivity contribution in [3.8, 4) is 0 Å². The molecule has 1 heterocycles. The molecule has 0 radical (unpaired) electrons. The topological polar surface area (TPSA) is 58.3 Å². The quantitative estimate of drug-likeness (QED) is 0.488. The van der Waals surface area contributed by atoms with Crippen LogP contribution in [0.3, 0.4) is 0 Å². The zero-order valence-corrected chi connectivity index (χ0v) is 17.4. The van der Waals surface area contributed by atoms with Crippen LogP contribution in [0.25, 0.3) is 10.9 Å². The molecule has 4 rings (SSSR count). The highest BCUT2D eigenvalue weighted by Gasteiger charge is 2.15. The molecule has 0 bridgehead atoms. The molecule has 0 saturated carbocycles. The fourth-order valence-corrected chi connectivity index (χ4v) is 3.41. The average molecular weight is 419 g/mol. The smallest absolute Gasteiger partial charge is 0.228 e. The molecule has 5 nitrogen and oxygen atoms in total. The second-order valence-corrected chi connectivity index (χ2v) is 7.59. The van der Waals surface area contributed by atoms with Crippen LogP contribution in [0, 0.1) is 11.6 Å². The van der Waals surface area contributed by atoms with Crippen molar-refractivity contribution in [2.75, 3.05) is 29.6 Å². The Kier molecular flexibility index (Phi) is 5.66. The molecule has 0 spiro atoms. The van der Waals surface area contributed by atoms with Gasteiger partial charge in [0.2, 0.25) is 5.95 Å². The number of hydrogen-bond acceptors (Lipinski definition) is 5. The summed E-state index contributed by atoms with van der Waals surface area (Å²) in [7, 11) is 3.96. The third-order valence-corrected chi connectivity index (χ3v) is 5.09. The molecule has 1 aromatic heterocycles. The van der Waals surface area contributed by atoms with Gasteiger partial charge in [0.15, 0.2) is 11.6 Å². The number of hydrogen-bond donors (Lipinski definition) is 1. The molecule has 0 amide bonds. The minimum absolute atomic E-state index is 0.296. The van der Waals surface area contributed by atoms with Crippen LogP contribution in [0.15, 0.2) is 66.7 Å². The Hall–Kier alpha value is -3.74. The van der Waals surface area contributed by atoms with Crippen LogP contribution in [0.4, 0.5) is 26.2 Å². The lowest BCUT2D eigenvalue weighted by atomic mass is 10.1. The third kappa shape index (κ3) is 4.55. The molecule has 4 aromatic rings. The molecular weight excluding hydrogens is 396 g/mol. The highest BCUT2D eigenvalue weighted by Crippen LogP contribution is 2.24. The van der Waals surface area contributed by atoms with E-state index in [-0.39, 0.29) is 0 Å². The third-order valence-electron chi connectivity index (χ3n) is 5.09. The van der Waals surface area contributed by atoms with Crippen molar-refractivity contribution in [2.45, 2.75) is 13.1 Å². The number of anilines is 3. The summed E-state index contributed by atoms with van der Waals surface area (Å²) >= 11 is 0.